The van der Waals surface area contributed by atoms with Gasteiger partial charge in [-0.15, -0.1) is 0 Å². The van der Waals surface area contributed by atoms with Gasteiger partial charge in [-0.1, -0.05) is 6.92 Å². The van der Waals surface area contributed by atoms with Crippen LogP contribution in [0.1, 0.15) is 37.0 Å². The van der Waals surface area contributed by atoms with Crippen LogP contribution in [0, 0.1) is 23.7 Å². The van der Waals surface area contributed by atoms with Crippen molar-refractivity contribution in [3.05, 3.63) is 23.9 Å². The number of hydrogen-bond acceptors (Lipinski definition) is 7. The van der Waals surface area contributed by atoms with Crippen LogP contribution in [-0.4, -0.2) is 81.4 Å². The first-order valence-corrected chi connectivity index (χ1v) is 10.8. The van der Waals surface area contributed by atoms with E-state index >= 15 is 0 Å². The van der Waals surface area contributed by atoms with Crippen LogP contribution in [0.3, 0.4) is 0 Å². The van der Waals surface area contributed by atoms with E-state index in [1.807, 2.05) is 11.8 Å². The molecule has 2 saturated heterocycles. The van der Waals surface area contributed by atoms with Crippen LogP contribution >= 0.6 is 0 Å². The van der Waals surface area contributed by atoms with Crippen molar-refractivity contribution >= 4 is 17.5 Å². The number of fused-ring (bicyclic) bond motifs is 1. The third-order valence-electron chi connectivity index (χ3n) is 7.31. The molecule has 4 rings (SSSR count). The summed E-state index contributed by atoms with van der Waals surface area (Å²) >= 11 is 0. The third-order valence-corrected chi connectivity index (χ3v) is 7.31. The Morgan fingerprint density at radius 3 is 2.30 bits per heavy atom. The maximum Gasteiger partial charge on any atom is 0.226 e. The molecule has 0 bridgehead atoms. The molecule has 0 spiro atoms. The van der Waals surface area contributed by atoms with Crippen molar-refractivity contribution < 1.29 is 24.9 Å². The Morgan fingerprint density at radius 1 is 1.03 bits per heavy atom. The lowest BCUT2D eigenvalue weighted by Gasteiger charge is -2.45. The number of carbonyl (C=O) groups excluding carboxylic acids is 2. The summed E-state index contributed by atoms with van der Waals surface area (Å²) in [7, 11) is 0. The monoisotopic (exact) mass is 417 g/mol. The average molecular weight is 418 g/mol. The fraction of sp³-hybridized carbons (Fsp3) is 0.682. The highest BCUT2D eigenvalue weighted by molar-refractivity contribution is 5.93. The standard InChI is InChI=1S/C22H31N3O5/c1-12-19(22(30)24-7-5-15(27)6-8-24)16-10-25(11-17(16)21(29)20(12)28)18-4-3-14(9-23-18)13(2)26/h3-4,9,12,15-17,19-21,27-29H,5-8,10-11H2,1-2H3/t12-,16+,17+,19+,20+,21+/m1/s1. The number of pyridine rings is 1. The van der Waals surface area contributed by atoms with Crippen molar-refractivity contribution in [2.75, 3.05) is 31.1 Å². The fourth-order valence-corrected chi connectivity index (χ4v) is 5.44. The van der Waals surface area contributed by atoms with E-state index in [1.165, 1.54) is 6.92 Å². The number of anilines is 1. The number of nitrogens with zero attached hydrogens (tertiary/aromatic N) is 3. The zero-order valence-electron chi connectivity index (χ0n) is 17.5. The molecule has 8 nitrogen and oxygen atoms in total. The third kappa shape index (κ3) is 3.72. The second-order valence-electron chi connectivity index (χ2n) is 9.12. The number of likely N-dealkylation sites (tertiary alicyclic amines) is 1. The van der Waals surface area contributed by atoms with Gasteiger partial charge in [-0.05, 0) is 43.7 Å². The van der Waals surface area contributed by atoms with Crippen molar-refractivity contribution in [1.29, 1.82) is 0 Å². The predicted molar refractivity (Wildman–Crippen MR) is 110 cm³/mol. The molecule has 0 unspecified atom stereocenters. The van der Waals surface area contributed by atoms with Gasteiger partial charge in [-0.2, -0.15) is 0 Å². The van der Waals surface area contributed by atoms with Crippen LogP contribution in [-0.2, 0) is 4.79 Å². The highest BCUT2D eigenvalue weighted by Crippen LogP contribution is 2.45. The van der Waals surface area contributed by atoms with Crippen LogP contribution in [0.2, 0.25) is 0 Å². The molecule has 0 aromatic carbocycles. The lowest BCUT2D eigenvalue weighted by Crippen LogP contribution is -2.57. The maximum absolute atomic E-state index is 13.4. The van der Waals surface area contributed by atoms with E-state index in [2.05, 4.69) is 4.98 Å². The summed E-state index contributed by atoms with van der Waals surface area (Å²) < 4.78 is 0. The molecule has 1 aliphatic carbocycles. The molecular formula is C22H31N3O5. The molecule has 3 N–H and O–H groups in total. The summed E-state index contributed by atoms with van der Waals surface area (Å²) in [6, 6.07) is 3.53. The topological polar surface area (TPSA) is 114 Å². The predicted octanol–water partition coefficient (Wildman–Crippen LogP) is 0.308. The number of aliphatic hydroxyl groups excluding tert-OH is 3. The Hall–Kier alpha value is -2.03. The Labute approximate surface area is 176 Å². The van der Waals surface area contributed by atoms with Crippen molar-refractivity contribution in [2.45, 2.75) is 45.0 Å². The molecule has 6 atom stereocenters. The van der Waals surface area contributed by atoms with E-state index in [1.54, 1.807) is 23.2 Å². The fourth-order valence-electron chi connectivity index (χ4n) is 5.44. The molecule has 3 fully saturated rings. The second-order valence-corrected chi connectivity index (χ2v) is 9.12. The largest absolute Gasteiger partial charge is 0.393 e. The molecule has 3 heterocycles. The van der Waals surface area contributed by atoms with Gasteiger partial charge in [0.25, 0.3) is 0 Å². The SMILES string of the molecule is CC(=O)c1ccc(N2C[C@@H]3[C@H](O)[C@@H](O)[C@H](C)[C@H](C(=O)N4CCC(O)CC4)[C@H]3C2)nc1. The number of amides is 1. The van der Waals surface area contributed by atoms with Crippen LogP contribution < -0.4 is 4.90 Å². The number of rotatable bonds is 3. The number of Topliss-reactive ketones (excluding diaryl/α,β-unsaturated/α-hetero) is 1. The van der Waals surface area contributed by atoms with E-state index in [-0.39, 0.29) is 41.5 Å². The molecule has 8 heteroatoms. The Morgan fingerprint density at radius 2 is 1.70 bits per heavy atom. The highest BCUT2D eigenvalue weighted by atomic mass is 16.3. The van der Waals surface area contributed by atoms with Gasteiger partial charge in [0.1, 0.15) is 5.82 Å². The van der Waals surface area contributed by atoms with Gasteiger partial charge >= 0.3 is 0 Å². The molecule has 30 heavy (non-hydrogen) atoms. The number of aromatic nitrogens is 1. The van der Waals surface area contributed by atoms with Crippen molar-refractivity contribution in [2.24, 2.45) is 23.7 Å². The zero-order valence-corrected chi connectivity index (χ0v) is 17.5. The minimum Gasteiger partial charge on any atom is -0.393 e. The second kappa shape index (κ2) is 8.24. The van der Waals surface area contributed by atoms with Crippen molar-refractivity contribution in [3.63, 3.8) is 0 Å². The van der Waals surface area contributed by atoms with Gasteiger partial charge < -0.3 is 25.1 Å². The van der Waals surface area contributed by atoms with Gasteiger partial charge in [-0.25, -0.2) is 4.98 Å². The van der Waals surface area contributed by atoms with Crippen LogP contribution in [0.25, 0.3) is 0 Å². The Bertz CT molecular complexity index is 792. The molecule has 0 radical (unpaired) electrons. The lowest BCUT2D eigenvalue weighted by atomic mass is 9.65. The molecule has 1 amide bonds. The normalized spacial score (nSPS) is 34.7. The smallest absolute Gasteiger partial charge is 0.226 e. The van der Waals surface area contributed by atoms with Gasteiger partial charge in [0.15, 0.2) is 5.78 Å². The first-order chi connectivity index (χ1) is 14.3. The molecule has 2 aliphatic heterocycles. The van der Waals surface area contributed by atoms with Gasteiger partial charge in [0.2, 0.25) is 5.91 Å². The number of hydrogen-bond donors (Lipinski definition) is 3. The lowest BCUT2D eigenvalue weighted by molar-refractivity contribution is -0.157. The summed E-state index contributed by atoms with van der Waals surface area (Å²) in [5.41, 5.74) is 0.541. The Balaban J connectivity index is 1.56. The molecule has 3 aliphatic rings. The summed E-state index contributed by atoms with van der Waals surface area (Å²) in [6.07, 6.45) is 0.496. The summed E-state index contributed by atoms with van der Waals surface area (Å²) in [4.78, 5) is 33.2. The summed E-state index contributed by atoms with van der Waals surface area (Å²) in [6.45, 7) is 5.46. The van der Waals surface area contributed by atoms with E-state index < -0.39 is 12.2 Å². The van der Waals surface area contributed by atoms with Gasteiger partial charge in [-0.3, -0.25) is 9.59 Å². The van der Waals surface area contributed by atoms with E-state index in [9.17, 15) is 24.9 Å². The number of ketones is 1. The van der Waals surface area contributed by atoms with E-state index in [4.69, 9.17) is 0 Å². The van der Waals surface area contributed by atoms with Gasteiger partial charge in [0, 0.05) is 49.8 Å². The molecule has 1 aromatic rings. The minimum atomic E-state index is -0.955. The Kier molecular flexibility index (Phi) is 5.83. The van der Waals surface area contributed by atoms with Crippen molar-refractivity contribution in [3.8, 4) is 0 Å². The quantitative estimate of drug-likeness (QED) is 0.607. The van der Waals surface area contributed by atoms with Gasteiger partial charge in [0.05, 0.1) is 18.3 Å². The van der Waals surface area contributed by atoms with E-state index in [0.717, 1.165) is 0 Å². The summed E-state index contributed by atoms with van der Waals surface area (Å²) in [5.74, 6) is -0.387. The number of aliphatic hydroxyl groups is 3. The number of piperidine rings is 1. The molecule has 164 valence electrons. The van der Waals surface area contributed by atoms with Crippen molar-refractivity contribution in [1.82, 2.24) is 9.88 Å². The average Bonchev–Trinajstić information content (AvgIpc) is 3.18. The number of carbonyl (C=O) groups is 2. The zero-order chi connectivity index (χ0) is 21.6. The molecular weight excluding hydrogens is 386 g/mol. The van der Waals surface area contributed by atoms with E-state index in [0.29, 0.717) is 50.4 Å². The summed E-state index contributed by atoms with van der Waals surface area (Å²) in [5, 5.41) is 31.2. The molecule has 1 saturated carbocycles. The maximum atomic E-state index is 13.4. The first kappa shape index (κ1) is 21.2. The van der Waals surface area contributed by atoms with Crippen LogP contribution in [0.15, 0.2) is 18.3 Å². The first-order valence-electron chi connectivity index (χ1n) is 10.8. The van der Waals surface area contributed by atoms with Crippen LogP contribution in [0.5, 0.6) is 0 Å². The minimum absolute atomic E-state index is 0.0112. The van der Waals surface area contributed by atoms with Crippen LogP contribution in [0.4, 0.5) is 5.82 Å². The molecule has 1 aromatic heterocycles. The highest BCUT2D eigenvalue weighted by Gasteiger charge is 2.55.